The SMILES string of the molecule is N#C/C(=C/N(C=O)CCCN)C(=O)NCCCC(=O)O. The van der Waals surface area contributed by atoms with E-state index in [4.69, 9.17) is 16.1 Å². The number of hydrogen-bond donors (Lipinski definition) is 3. The van der Waals surface area contributed by atoms with Crippen LogP contribution in [0.3, 0.4) is 0 Å². The molecule has 0 unspecified atom stereocenters. The van der Waals surface area contributed by atoms with Crippen molar-refractivity contribution in [3.63, 3.8) is 0 Å². The Bertz CT molecular complexity index is 414. The van der Waals surface area contributed by atoms with Crippen molar-refractivity contribution >= 4 is 18.3 Å². The number of rotatable bonds is 10. The van der Waals surface area contributed by atoms with E-state index in [1.807, 2.05) is 0 Å². The van der Waals surface area contributed by atoms with Crippen LogP contribution in [-0.4, -0.2) is 47.9 Å². The van der Waals surface area contributed by atoms with Gasteiger partial charge in [-0.3, -0.25) is 14.4 Å². The molecule has 0 saturated carbocycles. The van der Waals surface area contributed by atoms with E-state index in [1.165, 1.54) is 4.90 Å². The molecule has 0 aromatic carbocycles. The molecule has 0 spiro atoms. The second-order valence-corrected chi connectivity index (χ2v) is 3.89. The highest BCUT2D eigenvalue weighted by Gasteiger charge is 2.10. The number of carbonyl (C=O) groups excluding carboxylic acids is 2. The van der Waals surface area contributed by atoms with Gasteiger partial charge in [-0.1, -0.05) is 0 Å². The molecule has 0 atom stereocenters. The number of carboxylic acids is 1. The zero-order chi connectivity index (χ0) is 15.4. The molecule has 0 radical (unpaired) electrons. The maximum Gasteiger partial charge on any atom is 0.303 e. The lowest BCUT2D eigenvalue weighted by Crippen LogP contribution is -2.28. The predicted octanol–water partition coefficient (Wildman–Crippen LogP) is -0.818. The lowest BCUT2D eigenvalue weighted by molar-refractivity contribution is -0.137. The first kappa shape index (κ1) is 17.6. The van der Waals surface area contributed by atoms with Crippen molar-refractivity contribution in [3.8, 4) is 6.07 Å². The van der Waals surface area contributed by atoms with Gasteiger partial charge in [-0.05, 0) is 19.4 Å². The van der Waals surface area contributed by atoms with Crippen molar-refractivity contribution in [2.75, 3.05) is 19.6 Å². The van der Waals surface area contributed by atoms with Crippen LogP contribution in [0.25, 0.3) is 0 Å². The Balaban J connectivity index is 4.41. The van der Waals surface area contributed by atoms with E-state index in [2.05, 4.69) is 5.32 Å². The van der Waals surface area contributed by atoms with Crippen molar-refractivity contribution in [2.24, 2.45) is 5.73 Å². The quantitative estimate of drug-likeness (QED) is 0.207. The van der Waals surface area contributed by atoms with Crippen LogP contribution >= 0.6 is 0 Å². The van der Waals surface area contributed by atoms with Gasteiger partial charge >= 0.3 is 5.97 Å². The molecule has 110 valence electrons. The van der Waals surface area contributed by atoms with Gasteiger partial charge in [0.05, 0.1) is 0 Å². The molecule has 0 aromatic heterocycles. The van der Waals surface area contributed by atoms with Gasteiger partial charge in [-0.25, -0.2) is 0 Å². The Morgan fingerprint density at radius 1 is 1.40 bits per heavy atom. The third kappa shape index (κ3) is 7.84. The number of nitrogens with two attached hydrogens (primary N) is 1. The second-order valence-electron chi connectivity index (χ2n) is 3.89. The number of carbonyl (C=O) groups is 3. The summed E-state index contributed by atoms with van der Waals surface area (Å²) in [5, 5.41) is 19.7. The first-order valence-corrected chi connectivity index (χ1v) is 6.08. The molecule has 4 N–H and O–H groups in total. The Morgan fingerprint density at radius 3 is 2.60 bits per heavy atom. The number of carboxylic acid groups (broad SMARTS) is 1. The topological polar surface area (TPSA) is 137 Å². The third-order valence-corrected chi connectivity index (χ3v) is 2.27. The molecule has 0 aliphatic rings. The summed E-state index contributed by atoms with van der Waals surface area (Å²) in [7, 11) is 0. The van der Waals surface area contributed by atoms with E-state index < -0.39 is 11.9 Å². The molecule has 0 aromatic rings. The van der Waals surface area contributed by atoms with E-state index in [-0.39, 0.29) is 25.0 Å². The van der Waals surface area contributed by atoms with E-state index >= 15 is 0 Å². The first-order valence-electron chi connectivity index (χ1n) is 6.08. The predicted molar refractivity (Wildman–Crippen MR) is 70.0 cm³/mol. The van der Waals surface area contributed by atoms with Crippen LogP contribution < -0.4 is 11.1 Å². The Hall–Kier alpha value is -2.40. The standard InChI is InChI=1S/C12H18N4O4/c13-4-2-6-16(9-17)8-10(7-14)12(20)15-5-1-3-11(18)19/h8-9H,1-6,13H2,(H,15,20)(H,18,19)/b10-8-. The number of nitrogens with zero attached hydrogens (tertiary/aromatic N) is 2. The molecular weight excluding hydrogens is 264 g/mol. The highest BCUT2D eigenvalue weighted by molar-refractivity contribution is 5.97. The third-order valence-electron chi connectivity index (χ3n) is 2.27. The summed E-state index contributed by atoms with van der Waals surface area (Å²) in [6, 6.07) is 1.69. The summed E-state index contributed by atoms with van der Waals surface area (Å²) in [5.41, 5.74) is 5.09. The zero-order valence-electron chi connectivity index (χ0n) is 11.0. The number of amides is 2. The average Bonchev–Trinajstić information content (AvgIpc) is 2.43. The molecule has 0 aliphatic carbocycles. The van der Waals surface area contributed by atoms with Crippen molar-refractivity contribution < 1.29 is 19.5 Å². The minimum absolute atomic E-state index is 0.0666. The fourth-order valence-electron chi connectivity index (χ4n) is 1.26. The van der Waals surface area contributed by atoms with Crippen molar-refractivity contribution in [3.05, 3.63) is 11.8 Å². The molecule has 8 heteroatoms. The van der Waals surface area contributed by atoms with Gasteiger partial charge in [0.1, 0.15) is 11.6 Å². The minimum Gasteiger partial charge on any atom is -0.481 e. The molecule has 0 aliphatic heterocycles. The monoisotopic (exact) mass is 282 g/mol. The molecule has 0 rings (SSSR count). The summed E-state index contributed by atoms with van der Waals surface area (Å²) in [4.78, 5) is 33.8. The van der Waals surface area contributed by atoms with Crippen LogP contribution in [0.4, 0.5) is 0 Å². The molecule has 0 bridgehead atoms. The zero-order valence-corrected chi connectivity index (χ0v) is 11.0. The Morgan fingerprint density at radius 2 is 2.10 bits per heavy atom. The van der Waals surface area contributed by atoms with Crippen LogP contribution in [0.1, 0.15) is 19.3 Å². The molecule has 20 heavy (non-hydrogen) atoms. The molecule has 2 amide bonds. The van der Waals surface area contributed by atoms with Crippen LogP contribution in [0.2, 0.25) is 0 Å². The number of hydrogen-bond acceptors (Lipinski definition) is 5. The second kappa shape index (κ2) is 10.5. The summed E-state index contributed by atoms with van der Waals surface area (Å²) in [5.74, 6) is -1.60. The molecular formula is C12H18N4O4. The summed E-state index contributed by atoms with van der Waals surface area (Å²) < 4.78 is 0. The Kier molecular flexibility index (Phi) is 9.25. The van der Waals surface area contributed by atoms with E-state index in [9.17, 15) is 14.4 Å². The summed E-state index contributed by atoms with van der Waals surface area (Å²) in [6.45, 7) is 0.854. The summed E-state index contributed by atoms with van der Waals surface area (Å²) in [6.07, 6.45) is 2.40. The van der Waals surface area contributed by atoms with Gasteiger partial charge in [0.25, 0.3) is 5.91 Å². The molecule has 0 saturated heterocycles. The van der Waals surface area contributed by atoms with Crippen molar-refractivity contribution in [1.82, 2.24) is 10.2 Å². The van der Waals surface area contributed by atoms with Crippen LogP contribution in [-0.2, 0) is 14.4 Å². The number of nitriles is 1. The Labute approximate surface area is 116 Å². The van der Waals surface area contributed by atoms with Crippen LogP contribution in [0, 0.1) is 11.3 Å². The normalized spacial score (nSPS) is 10.5. The molecule has 8 nitrogen and oxygen atoms in total. The average molecular weight is 282 g/mol. The van der Waals surface area contributed by atoms with Crippen molar-refractivity contribution in [2.45, 2.75) is 19.3 Å². The van der Waals surface area contributed by atoms with Gasteiger partial charge < -0.3 is 21.1 Å². The number of nitrogens with one attached hydrogen (secondary N) is 1. The van der Waals surface area contributed by atoms with Gasteiger partial charge in [0.2, 0.25) is 6.41 Å². The lowest BCUT2D eigenvalue weighted by Gasteiger charge is -2.12. The van der Waals surface area contributed by atoms with Gasteiger partial charge in [0, 0.05) is 25.7 Å². The maximum atomic E-state index is 11.6. The van der Waals surface area contributed by atoms with Gasteiger partial charge in [0.15, 0.2) is 0 Å². The van der Waals surface area contributed by atoms with Gasteiger partial charge in [-0.15, -0.1) is 0 Å². The fourth-order valence-corrected chi connectivity index (χ4v) is 1.26. The fraction of sp³-hybridized carbons (Fsp3) is 0.500. The molecule has 0 fully saturated rings. The highest BCUT2D eigenvalue weighted by Crippen LogP contribution is 1.98. The van der Waals surface area contributed by atoms with Gasteiger partial charge in [-0.2, -0.15) is 5.26 Å². The maximum absolute atomic E-state index is 11.6. The largest absolute Gasteiger partial charge is 0.481 e. The van der Waals surface area contributed by atoms with E-state index in [0.29, 0.717) is 25.9 Å². The van der Waals surface area contributed by atoms with E-state index in [1.54, 1.807) is 6.07 Å². The first-order chi connectivity index (χ1) is 9.54. The minimum atomic E-state index is -0.954. The smallest absolute Gasteiger partial charge is 0.303 e. The van der Waals surface area contributed by atoms with Crippen LogP contribution in [0.5, 0.6) is 0 Å². The van der Waals surface area contributed by atoms with E-state index in [0.717, 1.165) is 6.20 Å². The summed E-state index contributed by atoms with van der Waals surface area (Å²) >= 11 is 0. The lowest BCUT2D eigenvalue weighted by atomic mass is 10.2. The van der Waals surface area contributed by atoms with Crippen molar-refractivity contribution in [1.29, 1.82) is 5.26 Å². The van der Waals surface area contributed by atoms with Crippen LogP contribution in [0.15, 0.2) is 11.8 Å². The number of aliphatic carboxylic acids is 1. The molecule has 0 heterocycles. The highest BCUT2D eigenvalue weighted by atomic mass is 16.4.